The quantitative estimate of drug-likeness (QED) is 0.804. The molecule has 0 amide bonds. The van der Waals surface area contributed by atoms with Crippen LogP contribution in [0.25, 0.3) is 0 Å². The van der Waals surface area contributed by atoms with E-state index in [0.717, 1.165) is 12.2 Å². The summed E-state index contributed by atoms with van der Waals surface area (Å²) < 4.78 is 5.28. The molecule has 2 atom stereocenters. The topological polar surface area (TPSA) is 39.2 Å². The maximum absolute atomic E-state index is 6.10. The summed E-state index contributed by atoms with van der Waals surface area (Å²) in [6, 6.07) is 4.20. The van der Waals surface area contributed by atoms with Gasteiger partial charge in [0.2, 0.25) is 0 Å². The van der Waals surface area contributed by atoms with Crippen molar-refractivity contribution in [1.82, 2.24) is 0 Å². The Morgan fingerprint density at radius 2 is 2.62 bits per heavy atom. The predicted molar refractivity (Wildman–Crippen MR) is 55.8 cm³/mol. The van der Waals surface area contributed by atoms with Gasteiger partial charge in [0.15, 0.2) is 0 Å². The van der Waals surface area contributed by atoms with Crippen LogP contribution in [0, 0.1) is 5.92 Å². The highest BCUT2D eigenvalue weighted by atomic mass is 32.2. The number of hydrogen-bond donors (Lipinski definition) is 1. The van der Waals surface area contributed by atoms with Gasteiger partial charge in [-0.15, -0.1) is 0 Å². The van der Waals surface area contributed by atoms with Gasteiger partial charge in [0.05, 0.1) is 6.26 Å². The fourth-order valence-electron chi connectivity index (χ4n) is 1.72. The molecule has 72 valence electrons. The molecule has 2 N–H and O–H groups in total. The van der Waals surface area contributed by atoms with E-state index in [2.05, 4.69) is 0 Å². The second-order valence-electron chi connectivity index (χ2n) is 3.57. The lowest BCUT2D eigenvalue weighted by Gasteiger charge is -2.16. The third-order valence-corrected chi connectivity index (χ3v) is 3.78. The van der Waals surface area contributed by atoms with E-state index < -0.39 is 0 Å². The van der Waals surface area contributed by atoms with Gasteiger partial charge in [-0.1, -0.05) is 0 Å². The van der Waals surface area contributed by atoms with E-state index in [-0.39, 0.29) is 6.04 Å². The Morgan fingerprint density at radius 1 is 1.69 bits per heavy atom. The SMILES string of the molecule is NC(Cc1ccco1)C1CCSC1. The van der Waals surface area contributed by atoms with Gasteiger partial charge in [-0.3, -0.25) is 0 Å². The van der Waals surface area contributed by atoms with E-state index in [9.17, 15) is 0 Å². The van der Waals surface area contributed by atoms with Crippen LogP contribution in [0.4, 0.5) is 0 Å². The lowest BCUT2D eigenvalue weighted by Crippen LogP contribution is -2.32. The number of rotatable bonds is 3. The zero-order valence-electron chi connectivity index (χ0n) is 7.61. The van der Waals surface area contributed by atoms with Gasteiger partial charge in [0.25, 0.3) is 0 Å². The minimum Gasteiger partial charge on any atom is -0.469 e. The van der Waals surface area contributed by atoms with Gasteiger partial charge in [0, 0.05) is 12.5 Å². The average Bonchev–Trinajstić information content (AvgIpc) is 2.74. The van der Waals surface area contributed by atoms with Crippen molar-refractivity contribution in [2.24, 2.45) is 11.7 Å². The third kappa shape index (κ3) is 2.29. The molecule has 0 radical (unpaired) electrons. The highest BCUT2D eigenvalue weighted by Crippen LogP contribution is 2.26. The van der Waals surface area contributed by atoms with Crippen LogP contribution in [0.2, 0.25) is 0 Å². The van der Waals surface area contributed by atoms with Crippen molar-refractivity contribution in [2.75, 3.05) is 11.5 Å². The summed E-state index contributed by atoms with van der Waals surface area (Å²) in [6.07, 6.45) is 3.87. The lowest BCUT2D eigenvalue weighted by atomic mass is 9.96. The Bertz CT molecular complexity index is 241. The van der Waals surface area contributed by atoms with E-state index in [0.29, 0.717) is 5.92 Å². The van der Waals surface area contributed by atoms with Crippen molar-refractivity contribution in [3.8, 4) is 0 Å². The molecule has 0 saturated carbocycles. The second kappa shape index (κ2) is 4.20. The molecule has 2 unspecified atom stereocenters. The molecular weight excluding hydrogens is 182 g/mol. The van der Waals surface area contributed by atoms with Crippen LogP contribution in [-0.2, 0) is 6.42 Å². The Labute approximate surface area is 82.9 Å². The Hall–Kier alpha value is -0.410. The van der Waals surface area contributed by atoms with E-state index in [4.69, 9.17) is 10.2 Å². The van der Waals surface area contributed by atoms with Crippen molar-refractivity contribution in [3.05, 3.63) is 24.2 Å². The molecule has 0 spiro atoms. The maximum atomic E-state index is 6.10. The Kier molecular flexibility index (Phi) is 2.96. The first kappa shape index (κ1) is 9.16. The fourth-order valence-corrected chi connectivity index (χ4v) is 3.07. The summed E-state index contributed by atoms with van der Waals surface area (Å²) in [7, 11) is 0. The summed E-state index contributed by atoms with van der Waals surface area (Å²) in [4.78, 5) is 0. The van der Waals surface area contributed by atoms with Crippen LogP contribution in [0.3, 0.4) is 0 Å². The number of furan rings is 1. The zero-order valence-corrected chi connectivity index (χ0v) is 8.43. The molecular formula is C10H15NOS. The predicted octanol–water partition coefficient (Wildman–Crippen LogP) is 1.90. The van der Waals surface area contributed by atoms with E-state index in [1.807, 2.05) is 23.9 Å². The highest BCUT2D eigenvalue weighted by molar-refractivity contribution is 7.99. The molecule has 1 aromatic rings. The van der Waals surface area contributed by atoms with Gasteiger partial charge in [0.1, 0.15) is 5.76 Å². The molecule has 0 aliphatic carbocycles. The molecule has 1 fully saturated rings. The molecule has 1 aromatic heterocycles. The first-order chi connectivity index (χ1) is 6.36. The normalized spacial score (nSPS) is 24.8. The van der Waals surface area contributed by atoms with Crippen LogP contribution < -0.4 is 5.73 Å². The van der Waals surface area contributed by atoms with Crippen LogP contribution >= 0.6 is 11.8 Å². The number of hydrogen-bond acceptors (Lipinski definition) is 3. The molecule has 2 rings (SSSR count). The Balaban J connectivity index is 1.87. The van der Waals surface area contributed by atoms with Crippen LogP contribution in [0.5, 0.6) is 0 Å². The zero-order chi connectivity index (χ0) is 9.10. The smallest absolute Gasteiger partial charge is 0.105 e. The van der Waals surface area contributed by atoms with Crippen LogP contribution in [0.15, 0.2) is 22.8 Å². The maximum Gasteiger partial charge on any atom is 0.105 e. The van der Waals surface area contributed by atoms with Crippen LogP contribution in [0.1, 0.15) is 12.2 Å². The van der Waals surface area contributed by atoms with Gasteiger partial charge in [-0.05, 0) is 36.0 Å². The second-order valence-corrected chi connectivity index (χ2v) is 4.72. The van der Waals surface area contributed by atoms with Crippen molar-refractivity contribution in [3.63, 3.8) is 0 Å². The molecule has 13 heavy (non-hydrogen) atoms. The third-order valence-electron chi connectivity index (χ3n) is 2.59. The van der Waals surface area contributed by atoms with Crippen molar-refractivity contribution in [1.29, 1.82) is 0 Å². The molecule has 3 heteroatoms. The largest absolute Gasteiger partial charge is 0.469 e. The van der Waals surface area contributed by atoms with Gasteiger partial charge in [-0.25, -0.2) is 0 Å². The first-order valence-electron chi connectivity index (χ1n) is 4.72. The van der Waals surface area contributed by atoms with E-state index in [1.54, 1.807) is 6.26 Å². The summed E-state index contributed by atoms with van der Waals surface area (Å²) >= 11 is 2.01. The minimum absolute atomic E-state index is 0.279. The Morgan fingerprint density at radius 3 is 3.23 bits per heavy atom. The van der Waals surface area contributed by atoms with Crippen molar-refractivity contribution >= 4 is 11.8 Å². The molecule has 2 heterocycles. The molecule has 2 nitrogen and oxygen atoms in total. The van der Waals surface area contributed by atoms with Gasteiger partial charge in [-0.2, -0.15) is 11.8 Å². The molecule has 1 aliphatic rings. The summed E-state index contributed by atoms with van der Waals surface area (Å²) in [5.74, 6) is 4.21. The molecule has 1 aliphatic heterocycles. The van der Waals surface area contributed by atoms with Crippen LogP contribution in [-0.4, -0.2) is 17.5 Å². The first-order valence-corrected chi connectivity index (χ1v) is 5.87. The summed E-state index contributed by atoms with van der Waals surface area (Å²) in [6.45, 7) is 0. The minimum atomic E-state index is 0.279. The number of nitrogens with two attached hydrogens (primary N) is 1. The van der Waals surface area contributed by atoms with Gasteiger partial charge >= 0.3 is 0 Å². The van der Waals surface area contributed by atoms with Gasteiger partial charge < -0.3 is 10.2 Å². The van der Waals surface area contributed by atoms with Crippen molar-refractivity contribution < 1.29 is 4.42 Å². The molecule has 0 aromatic carbocycles. The van der Waals surface area contributed by atoms with E-state index >= 15 is 0 Å². The summed E-state index contributed by atoms with van der Waals surface area (Å²) in [5.41, 5.74) is 6.10. The standard InChI is InChI=1S/C10H15NOS/c11-10(8-3-5-13-7-8)6-9-2-1-4-12-9/h1-2,4,8,10H,3,5-7,11H2. The monoisotopic (exact) mass is 197 g/mol. The highest BCUT2D eigenvalue weighted by Gasteiger charge is 2.22. The molecule has 0 bridgehead atoms. The number of thioether (sulfide) groups is 1. The fraction of sp³-hybridized carbons (Fsp3) is 0.600. The molecule has 1 saturated heterocycles. The van der Waals surface area contributed by atoms with Crippen molar-refractivity contribution in [2.45, 2.75) is 18.9 Å². The van der Waals surface area contributed by atoms with E-state index in [1.165, 1.54) is 17.9 Å². The lowest BCUT2D eigenvalue weighted by molar-refractivity contribution is 0.416. The average molecular weight is 197 g/mol. The summed E-state index contributed by atoms with van der Waals surface area (Å²) in [5, 5.41) is 0.